The Balaban J connectivity index is 1.64. The molecule has 0 amide bonds. The van der Waals surface area contributed by atoms with Gasteiger partial charge in [-0.3, -0.25) is 4.79 Å². The molecule has 0 fully saturated rings. The summed E-state index contributed by atoms with van der Waals surface area (Å²) in [7, 11) is 0. The summed E-state index contributed by atoms with van der Waals surface area (Å²) in [5.74, 6) is -0.550. The molecule has 0 saturated carbocycles. The molecule has 1 aliphatic rings. The molecule has 2 aromatic carbocycles. The number of aryl methyl sites for hydroxylation is 1. The molecular weight excluding hydrogens is 462 g/mol. The highest BCUT2D eigenvalue weighted by atomic mass is 32.1. The zero-order valence-electron chi connectivity index (χ0n) is 19.3. The summed E-state index contributed by atoms with van der Waals surface area (Å²) >= 11 is 1.27. The lowest BCUT2D eigenvalue weighted by Crippen LogP contribution is -2.26. The fourth-order valence-electron chi connectivity index (χ4n) is 4.42. The van der Waals surface area contributed by atoms with Gasteiger partial charge < -0.3 is 9.84 Å². The molecule has 5 rings (SSSR count). The summed E-state index contributed by atoms with van der Waals surface area (Å²) in [6.45, 7) is 3.69. The summed E-state index contributed by atoms with van der Waals surface area (Å²) < 4.78 is 6.28. The van der Waals surface area contributed by atoms with Gasteiger partial charge in [0.05, 0.1) is 23.3 Å². The summed E-state index contributed by atoms with van der Waals surface area (Å²) in [6.07, 6.45) is 3.33. The number of nitrogens with zero attached hydrogens (tertiary/aromatic N) is 3. The zero-order chi connectivity index (χ0) is 24.6. The Kier molecular flexibility index (Phi) is 5.92. The predicted octanol–water partition coefficient (Wildman–Crippen LogP) is 4.52. The van der Waals surface area contributed by atoms with E-state index in [2.05, 4.69) is 10.1 Å². The van der Waals surface area contributed by atoms with Gasteiger partial charge in [0.1, 0.15) is 16.8 Å². The molecule has 0 saturated heterocycles. The van der Waals surface area contributed by atoms with E-state index in [1.54, 1.807) is 13.8 Å². The normalized spacial score (nSPS) is 18.7. The third-order valence-corrected chi connectivity index (χ3v) is 7.03. The van der Waals surface area contributed by atoms with Crippen LogP contribution in [0.15, 0.2) is 83.0 Å². The molecule has 2 aromatic heterocycles. The van der Waals surface area contributed by atoms with Crippen molar-refractivity contribution in [1.29, 1.82) is 0 Å². The number of thiophene rings is 1. The number of aliphatic hydroxyl groups is 1. The minimum atomic E-state index is -1.31. The van der Waals surface area contributed by atoms with Gasteiger partial charge in [0.2, 0.25) is 0 Å². The monoisotopic (exact) mass is 485 g/mol. The smallest absolute Gasteiger partial charge is 0.340 e. The van der Waals surface area contributed by atoms with Crippen LogP contribution < -0.4 is 5.56 Å². The summed E-state index contributed by atoms with van der Waals surface area (Å²) in [5, 5.41) is 16.6. The minimum Gasteiger partial charge on any atom is -0.462 e. The minimum absolute atomic E-state index is 0.180. The lowest BCUT2D eigenvalue weighted by Gasteiger charge is -2.27. The fraction of sp³-hybridized carbons (Fsp3) is 0.185. The molecule has 7 nitrogen and oxygen atoms in total. The molecule has 0 spiro atoms. The summed E-state index contributed by atoms with van der Waals surface area (Å²) in [6, 6.07) is 19.0. The number of rotatable bonds is 5. The maximum atomic E-state index is 13.4. The molecule has 4 aromatic rings. The molecule has 8 heteroatoms. The second-order valence-electron chi connectivity index (χ2n) is 8.25. The van der Waals surface area contributed by atoms with Crippen LogP contribution in [-0.4, -0.2) is 33.1 Å². The average molecular weight is 486 g/mol. The number of benzene rings is 2. The van der Waals surface area contributed by atoms with E-state index < -0.39 is 17.1 Å². The van der Waals surface area contributed by atoms with Crippen LogP contribution in [0.5, 0.6) is 0 Å². The van der Waals surface area contributed by atoms with E-state index in [1.165, 1.54) is 17.7 Å². The molecule has 0 radical (unpaired) electrons. The van der Waals surface area contributed by atoms with E-state index in [4.69, 9.17) is 4.74 Å². The van der Waals surface area contributed by atoms with E-state index in [0.29, 0.717) is 21.0 Å². The Bertz CT molecular complexity index is 1540. The molecule has 0 aliphatic heterocycles. The maximum absolute atomic E-state index is 13.4. The number of fused-ring (bicyclic) bond motifs is 1. The molecule has 1 atom stereocenters. The lowest BCUT2D eigenvalue weighted by molar-refractivity contribution is 0.0528. The van der Waals surface area contributed by atoms with Crippen molar-refractivity contribution in [3.8, 4) is 0 Å². The predicted molar refractivity (Wildman–Crippen MR) is 137 cm³/mol. The van der Waals surface area contributed by atoms with Crippen LogP contribution in [-0.2, 0) is 10.3 Å². The van der Waals surface area contributed by atoms with Gasteiger partial charge in [0, 0.05) is 11.3 Å². The maximum Gasteiger partial charge on any atom is 0.340 e. The molecular formula is C27H23N3O4S. The number of hydrogen-bond donors (Lipinski definition) is 1. The SMILES string of the molecule is CCOC(=O)c1c(C)sc2ncn(N=C3C=C(c4ccccc4)C(O)(c4ccccc4)C3)c(=O)c12. The Morgan fingerprint density at radius 3 is 2.54 bits per heavy atom. The van der Waals surface area contributed by atoms with Crippen molar-refractivity contribution in [1.82, 2.24) is 9.66 Å². The number of ether oxygens (including phenoxy) is 1. The first-order valence-electron chi connectivity index (χ1n) is 11.2. The first kappa shape index (κ1) is 22.9. The second-order valence-corrected chi connectivity index (χ2v) is 9.45. The molecule has 1 aliphatic carbocycles. The number of esters is 1. The molecule has 2 heterocycles. The highest BCUT2D eigenvalue weighted by Crippen LogP contribution is 2.44. The van der Waals surface area contributed by atoms with E-state index in [0.717, 1.165) is 15.8 Å². The molecule has 0 bridgehead atoms. The highest BCUT2D eigenvalue weighted by molar-refractivity contribution is 7.19. The summed E-state index contributed by atoms with van der Waals surface area (Å²) in [5.41, 5.74) is 1.28. The van der Waals surface area contributed by atoms with Gasteiger partial charge in [0.15, 0.2) is 0 Å². The largest absolute Gasteiger partial charge is 0.462 e. The molecule has 35 heavy (non-hydrogen) atoms. The molecule has 1 N–H and O–H groups in total. The van der Waals surface area contributed by atoms with Crippen molar-refractivity contribution in [2.45, 2.75) is 25.9 Å². The Labute approximate surface area is 205 Å². The van der Waals surface area contributed by atoms with Crippen molar-refractivity contribution < 1.29 is 14.6 Å². The number of carbonyl (C=O) groups excluding carboxylic acids is 1. The first-order chi connectivity index (χ1) is 16.9. The van der Waals surface area contributed by atoms with Crippen molar-refractivity contribution in [2.24, 2.45) is 5.10 Å². The quantitative estimate of drug-likeness (QED) is 0.420. The third-order valence-electron chi connectivity index (χ3n) is 6.02. The van der Waals surface area contributed by atoms with Gasteiger partial charge in [0.25, 0.3) is 5.56 Å². The first-order valence-corrected chi connectivity index (χ1v) is 12.0. The number of carbonyl (C=O) groups is 1. The van der Waals surface area contributed by atoms with E-state index in [1.807, 2.05) is 66.7 Å². The van der Waals surface area contributed by atoms with Crippen molar-refractivity contribution >= 4 is 38.8 Å². The van der Waals surface area contributed by atoms with E-state index in [9.17, 15) is 14.7 Å². The second kappa shape index (κ2) is 9.05. The van der Waals surface area contributed by atoms with Crippen molar-refractivity contribution in [2.75, 3.05) is 6.61 Å². The van der Waals surface area contributed by atoms with Gasteiger partial charge in [-0.1, -0.05) is 60.7 Å². The van der Waals surface area contributed by atoms with Gasteiger partial charge in [-0.05, 0) is 36.6 Å². The van der Waals surface area contributed by atoms with E-state index >= 15 is 0 Å². The fourth-order valence-corrected chi connectivity index (χ4v) is 5.39. The number of aromatic nitrogens is 2. The highest BCUT2D eigenvalue weighted by Gasteiger charge is 2.40. The van der Waals surface area contributed by atoms with Gasteiger partial charge >= 0.3 is 5.97 Å². The van der Waals surface area contributed by atoms with Crippen LogP contribution >= 0.6 is 11.3 Å². The lowest BCUT2D eigenvalue weighted by atomic mass is 9.84. The number of hydrogen-bond acceptors (Lipinski definition) is 7. The average Bonchev–Trinajstić information content (AvgIpc) is 3.39. The number of allylic oxidation sites excluding steroid dienone is 1. The van der Waals surface area contributed by atoms with Crippen LogP contribution in [0, 0.1) is 6.92 Å². The van der Waals surface area contributed by atoms with E-state index in [-0.39, 0.29) is 24.0 Å². The van der Waals surface area contributed by atoms with Gasteiger partial charge in [-0.2, -0.15) is 9.78 Å². The van der Waals surface area contributed by atoms with Crippen LogP contribution in [0.25, 0.3) is 15.8 Å². The summed E-state index contributed by atoms with van der Waals surface area (Å²) in [4.78, 5) is 31.4. The third kappa shape index (κ3) is 4.00. The van der Waals surface area contributed by atoms with Gasteiger partial charge in [-0.15, -0.1) is 11.3 Å². The van der Waals surface area contributed by atoms with Crippen LogP contribution in [0.1, 0.15) is 39.7 Å². The Hall–Kier alpha value is -3.88. The van der Waals surface area contributed by atoms with Crippen LogP contribution in [0.2, 0.25) is 0 Å². The zero-order valence-corrected chi connectivity index (χ0v) is 20.1. The van der Waals surface area contributed by atoms with Crippen molar-refractivity contribution in [3.63, 3.8) is 0 Å². The van der Waals surface area contributed by atoms with Crippen LogP contribution in [0.4, 0.5) is 0 Å². The Morgan fingerprint density at radius 1 is 1.17 bits per heavy atom. The Morgan fingerprint density at radius 2 is 1.86 bits per heavy atom. The molecule has 176 valence electrons. The standard InChI is InChI=1S/C27H23N3O4S/c1-3-34-26(32)22-17(2)35-24-23(22)25(31)30(16-28-24)29-20-14-21(18-10-6-4-7-11-18)27(33,15-20)19-12-8-5-9-13-19/h4-14,16,33H,3,15H2,1-2H3. The topological polar surface area (TPSA) is 93.8 Å². The van der Waals surface area contributed by atoms with Gasteiger partial charge in [-0.25, -0.2) is 9.78 Å². The van der Waals surface area contributed by atoms with Crippen molar-refractivity contribution in [3.05, 3.63) is 105 Å². The molecule has 1 unspecified atom stereocenters. The van der Waals surface area contributed by atoms with Crippen LogP contribution in [0.3, 0.4) is 0 Å².